The van der Waals surface area contributed by atoms with Crippen LogP contribution in [0.15, 0.2) is 30.3 Å². The molecule has 1 saturated heterocycles. The highest BCUT2D eigenvalue weighted by Gasteiger charge is 2.30. The Morgan fingerprint density at radius 3 is 2.77 bits per heavy atom. The molecule has 1 aromatic heterocycles. The lowest BCUT2D eigenvalue weighted by atomic mass is 10.1. The smallest absolute Gasteiger partial charge is 0.416 e. The summed E-state index contributed by atoms with van der Waals surface area (Å²) >= 11 is 0. The maximum atomic E-state index is 12.9. The van der Waals surface area contributed by atoms with E-state index in [0.29, 0.717) is 6.61 Å². The highest BCUT2D eigenvalue weighted by molar-refractivity contribution is 5.61. The van der Waals surface area contributed by atoms with Gasteiger partial charge in [-0.3, -0.25) is 0 Å². The van der Waals surface area contributed by atoms with E-state index in [-0.39, 0.29) is 29.0 Å². The Hall–Kier alpha value is -2.66. The molecule has 0 radical (unpaired) electrons. The highest BCUT2D eigenvalue weighted by Crippen LogP contribution is 2.32. The van der Waals surface area contributed by atoms with Gasteiger partial charge in [-0.15, -0.1) is 0 Å². The first-order valence-electron chi connectivity index (χ1n) is 8.16. The van der Waals surface area contributed by atoms with Gasteiger partial charge in [0.2, 0.25) is 11.7 Å². The van der Waals surface area contributed by atoms with Crippen LogP contribution in [0.5, 0.6) is 5.88 Å². The molecule has 0 spiro atoms. The molecule has 0 unspecified atom stereocenters. The summed E-state index contributed by atoms with van der Waals surface area (Å²) in [6.45, 7) is 1.40. The largest absolute Gasteiger partial charge is 0.476 e. The number of nitrogens with zero attached hydrogens (tertiary/aromatic N) is 4. The van der Waals surface area contributed by atoms with Crippen LogP contribution in [0.25, 0.3) is 11.3 Å². The lowest BCUT2D eigenvalue weighted by Crippen LogP contribution is -2.30. The van der Waals surface area contributed by atoms with Gasteiger partial charge in [0.15, 0.2) is 0 Å². The summed E-state index contributed by atoms with van der Waals surface area (Å²) < 4.78 is 44.5. The van der Waals surface area contributed by atoms with Crippen molar-refractivity contribution in [3.63, 3.8) is 0 Å². The van der Waals surface area contributed by atoms with E-state index in [1.165, 1.54) is 18.2 Å². The summed E-state index contributed by atoms with van der Waals surface area (Å²) in [4.78, 5) is 10.2. The van der Waals surface area contributed by atoms with E-state index in [1.54, 1.807) is 0 Å². The number of aromatic nitrogens is 2. The van der Waals surface area contributed by atoms with Gasteiger partial charge < -0.3 is 9.64 Å². The summed E-state index contributed by atoms with van der Waals surface area (Å²) in [6, 6.07) is 8.35. The van der Waals surface area contributed by atoms with Crippen LogP contribution >= 0.6 is 0 Å². The first kappa shape index (κ1) is 18.1. The lowest BCUT2D eigenvalue weighted by molar-refractivity contribution is -0.137. The predicted octanol–water partition coefficient (Wildman–Crippen LogP) is 3.51. The van der Waals surface area contributed by atoms with E-state index >= 15 is 0 Å². The van der Waals surface area contributed by atoms with E-state index in [0.717, 1.165) is 31.5 Å². The molecule has 0 amide bonds. The van der Waals surface area contributed by atoms with Crippen LogP contribution in [0.2, 0.25) is 0 Å². The van der Waals surface area contributed by atoms with Gasteiger partial charge in [0.25, 0.3) is 0 Å². The molecular formula is C18H17F3N4O. The Kier molecular flexibility index (Phi) is 5.09. The third kappa shape index (κ3) is 4.11. The van der Waals surface area contributed by atoms with Gasteiger partial charge in [0.05, 0.1) is 11.3 Å². The second-order valence-electron chi connectivity index (χ2n) is 6.19. The molecule has 2 heterocycles. The summed E-state index contributed by atoms with van der Waals surface area (Å²) in [7, 11) is 2.01. The van der Waals surface area contributed by atoms with E-state index in [1.807, 2.05) is 13.1 Å². The van der Waals surface area contributed by atoms with Crippen LogP contribution in [0.1, 0.15) is 24.2 Å². The lowest BCUT2D eigenvalue weighted by Gasteiger charge is -2.19. The van der Waals surface area contributed by atoms with Crippen molar-refractivity contribution in [1.29, 1.82) is 5.26 Å². The molecule has 1 atom stereocenters. The number of likely N-dealkylation sites (N-methyl/N-ethyl adjacent to an activating group) is 1. The summed E-state index contributed by atoms with van der Waals surface area (Å²) in [6.07, 6.45) is -2.35. The molecule has 1 aliphatic rings. The third-order valence-electron chi connectivity index (χ3n) is 4.38. The number of alkyl halides is 3. The monoisotopic (exact) mass is 362 g/mol. The Morgan fingerprint density at radius 1 is 1.31 bits per heavy atom. The standard InChI is InChI=1S/C18H17F3N4O/c1-25-7-3-6-14(25)11-26-17-9-15(23-16(10-22)24-17)12-4-2-5-13(8-12)18(19,20)21/h2,4-5,8-9,14H,3,6-7,11H2,1H3/t14-/m0/s1. The van der Waals surface area contributed by atoms with Gasteiger partial charge in [-0.25, -0.2) is 4.98 Å². The van der Waals surface area contributed by atoms with E-state index < -0.39 is 11.7 Å². The quantitative estimate of drug-likeness (QED) is 0.833. The van der Waals surface area contributed by atoms with Crippen LogP contribution in [-0.4, -0.2) is 41.1 Å². The molecule has 1 aliphatic heterocycles. The van der Waals surface area contributed by atoms with Crippen molar-refractivity contribution < 1.29 is 17.9 Å². The van der Waals surface area contributed by atoms with Gasteiger partial charge in [-0.1, -0.05) is 12.1 Å². The molecule has 2 aromatic rings. The van der Waals surface area contributed by atoms with Crippen molar-refractivity contribution >= 4 is 0 Å². The molecule has 0 aliphatic carbocycles. The average Bonchev–Trinajstić information content (AvgIpc) is 3.04. The zero-order valence-electron chi connectivity index (χ0n) is 14.1. The molecule has 8 heteroatoms. The van der Waals surface area contributed by atoms with Crippen LogP contribution in [0, 0.1) is 11.3 Å². The summed E-state index contributed by atoms with van der Waals surface area (Å²) in [5, 5.41) is 9.12. The number of ether oxygens (including phenoxy) is 1. The zero-order chi connectivity index (χ0) is 18.7. The molecule has 0 N–H and O–H groups in total. The van der Waals surface area contributed by atoms with E-state index in [9.17, 15) is 13.2 Å². The minimum atomic E-state index is -4.45. The van der Waals surface area contributed by atoms with E-state index in [2.05, 4.69) is 14.9 Å². The number of nitriles is 1. The maximum absolute atomic E-state index is 12.9. The predicted molar refractivity (Wildman–Crippen MR) is 88.3 cm³/mol. The van der Waals surface area contributed by atoms with Crippen LogP contribution in [-0.2, 0) is 6.18 Å². The number of hydrogen-bond donors (Lipinski definition) is 0. The molecule has 136 valence electrons. The van der Waals surface area contributed by atoms with Crippen molar-refractivity contribution in [2.24, 2.45) is 0 Å². The van der Waals surface area contributed by atoms with Gasteiger partial charge in [0.1, 0.15) is 12.7 Å². The normalized spacial score (nSPS) is 17.9. The number of benzene rings is 1. The molecule has 26 heavy (non-hydrogen) atoms. The number of hydrogen-bond acceptors (Lipinski definition) is 5. The fourth-order valence-electron chi connectivity index (χ4n) is 2.92. The van der Waals surface area contributed by atoms with E-state index in [4.69, 9.17) is 10.00 Å². The van der Waals surface area contributed by atoms with Crippen molar-refractivity contribution in [1.82, 2.24) is 14.9 Å². The second-order valence-corrected chi connectivity index (χ2v) is 6.19. The van der Waals surface area contributed by atoms with Crippen molar-refractivity contribution in [2.45, 2.75) is 25.1 Å². The molecule has 1 aromatic carbocycles. The third-order valence-corrected chi connectivity index (χ3v) is 4.38. The minimum Gasteiger partial charge on any atom is -0.476 e. The van der Waals surface area contributed by atoms with Crippen LogP contribution in [0.4, 0.5) is 13.2 Å². The van der Waals surface area contributed by atoms with Crippen molar-refractivity contribution in [3.8, 4) is 23.2 Å². The summed E-state index contributed by atoms with van der Waals surface area (Å²) in [5.41, 5.74) is -0.304. The SMILES string of the molecule is CN1CCC[C@H]1COc1cc(-c2cccc(C(F)(F)F)c2)nc(C#N)n1. The van der Waals surface area contributed by atoms with Crippen molar-refractivity contribution in [2.75, 3.05) is 20.2 Å². The molecule has 0 saturated carbocycles. The highest BCUT2D eigenvalue weighted by atomic mass is 19.4. The first-order chi connectivity index (χ1) is 12.4. The molecule has 5 nitrogen and oxygen atoms in total. The minimum absolute atomic E-state index is 0.144. The molecular weight excluding hydrogens is 345 g/mol. The maximum Gasteiger partial charge on any atom is 0.416 e. The number of likely N-dealkylation sites (tertiary alicyclic amines) is 1. The average molecular weight is 362 g/mol. The number of rotatable bonds is 4. The Bertz CT molecular complexity index is 832. The Balaban J connectivity index is 1.87. The molecule has 1 fully saturated rings. The van der Waals surface area contributed by atoms with Gasteiger partial charge in [0, 0.05) is 17.7 Å². The Morgan fingerprint density at radius 2 is 2.12 bits per heavy atom. The van der Waals surface area contributed by atoms with Crippen LogP contribution < -0.4 is 4.74 Å². The van der Waals surface area contributed by atoms with Gasteiger partial charge in [-0.2, -0.15) is 23.4 Å². The van der Waals surface area contributed by atoms with Crippen LogP contribution in [0.3, 0.4) is 0 Å². The Labute approximate surface area is 149 Å². The zero-order valence-corrected chi connectivity index (χ0v) is 14.1. The summed E-state index contributed by atoms with van der Waals surface area (Å²) in [5.74, 6) is 0.0407. The number of halogens is 3. The fraction of sp³-hybridized carbons (Fsp3) is 0.389. The second kappa shape index (κ2) is 7.30. The topological polar surface area (TPSA) is 62.0 Å². The van der Waals surface area contributed by atoms with Gasteiger partial charge in [-0.05, 0) is 38.6 Å². The first-order valence-corrected chi connectivity index (χ1v) is 8.16. The molecule has 3 rings (SSSR count). The van der Waals surface area contributed by atoms with Crippen molar-refractivity contribution in [3.05, 3.63) is 41.7 Å². The fourth-order valence-corrected chi connectivity index (χ4v) is 2.92. The molecule has 0 bridgehead atoms. The van der Waals surface area contributed by atoms with Gasteiger partial charge >= 0.3 is 6.18 Å².